The highest BCUT2D eigenvalue weighted by atomic mass is 16.4. The first kappa shape index (κ1) is 7.80. The summed E-state index contributed by atoms with van der Waals surface area (Å²) in [5.41, 5.74) is 2.44. The molecule has 0 unspecified atom stereocenters. The van der Waals surface area contributed by atoms with Gasteiger partial charge in [0.05, 0.1) is 5.56 Å². The van der Waals surface area contributed by atoms with E-state index in [4.69, 9.17) is 5.11 Å². The van der Waals surface area contributed by atoms with Gasteiger partial charge in [-0.05, 0) is 23.3 Å². The summed E-state index contributed by atoms with van der Waals surface area (Å²) in [5.74, 6) is -0.891. The third kappa shape index (κ3) is 1.38. The Labute approximate surface area is 75.8 Å². The molecule has 0 amide bonds. The van der Waals surface area contributed by atoms with E-state index in [2.05, 4.69) is 0 Å². The third-order valence-electron chi connectivity index (χ3n) is 2.02. The zero-order valence-electron chi connectivity index (χ0n) is 6.90. The van der Waals surface area contributed by atoms with E-state index in [-0.39, 0.29) is 0 Å². The molecular formula is C11H8O2. The molecule has 0 atom stereocenters. The van der Waals surface area contributed by atoms with E-state index in [1.807, 2.05) is 30.3 Å². The molecule has 0 saturated carbocycles. The standard InChI is InChI=1S/C11H8O2/c12-11(13)10-6-4-8-2-1-3-9(8)5-7-10/h1-7H,(H,12,13). The van der Waals surface area contributed by atoms with E-state index in [9.17, 15) is 4.79 Å². The first-order valence-electron chi connectivity index (χ1n) is 3.99. The lowest BCUT2D eigenvalue weighted by atomic mass is 10.2. The van der Waals surface area contributed by atoms with Crippen molar-refractivity contribution in [2.24, 2.45) is 0 Å². The molecule has 0 aliphatic heterocycles. The van der Waals surface area contributed by atoms with Crippen LogP contribution >= 0.6 is 0 Å². The second kappa shape index (κ2) is 2.90. The van der Waals surface area contributed by atoms with Crippen molar-refractivity contribution in [1.82, 2.24) is 0 Å². The van der Waals surface area contributed by atoms with E-state index < -0.39 is 5.97 Å². The zero-order chi connectivity index (χ0) is 9.26. The molecule has 2 heteroatoms. The van der Waals surface area contributed by atoms with Crippen LogP contribution in [-0.4, -0.2) is 11.1 Å². The van der Waals surface area contributed by atoms with Crippen LogP contribution in [-0.2, 0) is 0 Å². The number of rotatable bonds is 1. The van der Waals surface area contributed by atoms with Crippen LogP contribution in [0.2, 0.25) is 0 Å². The van der Waals surface area contributed by atoms with Gasteiger partial charge in [-0.1, -0.05) is 30.3 Å². The van der Waals surface area contributed by atoms with Gasteiger partial charge in [0.25, 0.3) is 0 Å². The number of aromatic carboxylic acids is 1. The number of carboxylic acids is 1. The molecule has 64 valence electrons. The molecule has 2 nitrogen and oxygen atoms in total. The fourth-order valence-corrected chi connectivity index (χ4v) is 1.31. The van der Waals surface area contributed by atoms with Crippen molar-refractivity contribution in [3.63, 3.8) is 0 Å². The van der Waals surface area contributed by atoms with E-state index in [0.717, 1.165) is 11.1 Å². The highest BCUT2D eigenvalue weighted by molar-refractivity contribution is 5.88. The van der Waals surface area contributed by atoms with Crippen molar-refractivity contribution in [3.8, 4) is 11.1 Å². The second-order valence-electron chi connectivity index (χ2n) is 2.86. The lowest BCUT2D eigenvalue weighted by Gasteiger charge is -1.85. The van der Waals surface area contributed by atoms with Crippen LogP contribution < -0.4 is 0 Å². The van der Waals surface area contributed by atoms with Crippen LogP contribution in [0.4, 0.5) is 0 Å². The molecule has 0 aromatic heterocycles. The normalized spacial score (nSPS) is 10.2. The Morgan fingerprint density at radius 2 is 1.46 bits per heavy atom. The zero-order valence-corrected chi connectivity index (χ0v) is 6.90. The highest BCUT2D eigenvalue weighted by Crippen LogP contribution is 2.21. The molecule has 1 N–H and O–H groups in total. The Hall–Kier alpha value is -1.83. The Morgan fingerprint density at radius 1 is 0.923 bits per heavy atom. The predicted molar refractivity (Wildman–Crippen MR) is 50.0 cm³/mol. The average molecular weight is 172 g/mol. The van der Waals surface area contributed by atoms with Crippen LogP contribution in [0, 0.1) is 0 Å². The van der Waals surface area contributed by atoms with Gasteiger partial charge in [-0.25, -0.2) is 4.79 Å². The number of carbonyl (C=O) groups is 1. The van der Waals surface area contributed by atoms with Crippen molar-refractivity contribution in [2.45, 2.75) is 0 Å². The fourth-order valence-electron chi connectivity index (χ4n) is 1.31. The minimum absolute atomic E-state index is 0.316. The van der Waals surface area contributed by atoms with Gasteiger partial charge in [-0.3, -0.25) is 0 Å². The molecule has 13 heavy (non-hydrogen) atoms. The smallest absolute Gasteiger partial charge is 0.335 e. The van der Waals surface area contributed by atoms with Crippen LogP contribution in [0.15, 0.2) is 42.5 Å². The van der Waals surface area contributed by atoms with E-state index in [1.165, 1.54) is 0 Å². The highest BCUT2D eigenvalue weighted by Gasteiger charge is 2.02. The summed E-state index contributed by atoms with van der Waals surface area (Å²) in [6, 6.07) is 12.7. The molecule has 0 aromatic carbocycles. The Bertz CT molecular complexity index is 390. The Morgan fingerprint density at radius 3 is 1.92 bits per heavy atom. The summed E-state index contributed by atoms with van der Waals surface area (Å²) >= 11 is 0. The lowest BCUT2D eigenvalue weighted by Crippen LogP contribution is -1.92. The van der Waals surface area contributed by atoms with Crippen LogP contribution in [0.25, 0.3) is 11.1 Å². The molecule has 2 rings (SSSR count). The van der Waals surface area contributed by atoms with Gasteiger partial charge >= 0.3 is 5.97 Å². The minimum Gasteiger partial charge on any atom is -0.478 e. The number of carboxylic acid groups (broad SMARTS) is 1. The maximum absolute atomic E-state index is 10.6. The lowest BCUT2D eigenvalue weighted by molar-refractivity contribution is 0.0697. The van der Waals surface area contributed by atoms with Crippen LogP contribution in [0.3, 0.4) is 0 Å². The van der Waals surface area contributed by atoms with Gasteiger partial charge in [-0.2, -0.15) is 0 Å². The maximum atomic E-state index is 10.6. The molecule has 0 fully saturated rings. The van der Waals surface area contributed by atoms with Crippen LogP contribution in [0.5, 0.6) is 0 Å². The van der Waals surface area contributed by atoms with Crippen molar-refractivity contribution < 1.29 is 9.90 Å². The molecule has 2 aliphatic carbocycles. The fraction of sp³-hybridized carbons (Fsp3) is 0. The SMILES string of the molecule is O=C(O)c1ccc2cccc-2cc1. The molecule has 0 spiro atoms. The average Bonchev–Trinajstić information content (AvgIpc) is 2.44. The third-order valence-corrected chi connectivity index (χ3v) is 2.02. The second-order valence-corrected chi connectivity index (χ2v) is 2.86. The topological polar surface area (TPSA) is 37.3 Å². The van der Waals surface area contributed by atoms with Crippen LogP contribution in [0.1, 0.15) is 10.4 Å². The molecule has 0 aromatic rings. The molecule has 0 saturated heterocycles. The Balaban J connectivity index is 2.61. The van der Waals surface area contributed by atoms with Crippen molar-refractivity contribution in [2.75, 3.05) is 0 Å². The van der Waals surface area contributed by atoms with E-state index in [0.29, 0.717) is 5.56 Å². The quantitative estimate of drug-likeness (QED) is 0.717. The first-order valence-corrected chi connectivity index (χ1v) is 3.99. The summed E-state index contributed by atoms with van der Waals surface area (Å²) in [6.07, 6.45) is 0. The number of hydrogen-bond acceptors (Lipinski definition) is 1. The van der Waals surface area contributed by atoms with Crippen molar-refractivity contribution >= 4 is 5.97 Å². The summed E-state index contributed by atoms with van der Waals surface area (Å²) in [7, 11) is 0. The van der Waals surface area contributed by atoms with Gasteiger partial charge < -0.3 is 5.11 Å². The summed E-state index contributed by atoms with van der Waals surface area (Å²) in [6.45, 7) is 0. The molecule has 0 bridgehead atoms. The predicted octanol–water partition coefficient (Wildman–Crippen LogP) is 2.49. The number of hydrogen-bond donors (Lipinski definition) is 1. The van der Waals surface area contributed by atoms with Gasteiger partial charge in [-0.15, -0.1) is 0 Å². The largest absolute Gasteiger partial charge is 0.478 e. The molecule has 0 heterocycles. The monoisotopic (exact) mass is 172 g/mol. The van der Waals surface area contributed by atoms with Gasteiger partial charge in [0.2, 0.25) is 0 Å². The van der Waals surface area contributed by atoms with Gasteiger partial charge in [0.1, 0.15) is 0 Å². The Kier molecular flexibility index (Phi) is 1.74. The molecular weight excluding hydrogens is 164 g/mol. The van der Waals surface area contributed by atoms with E-state index >= 15 is 0 Å². The summed E-state index contributed by atoms with van der Waals surface area (Å²) < 4.78 is 0. The molecule has 2 aliphatic rings. The van der Waals surface area contributed by atoms with Crippen molar-refractivity contribution in [3.05, 3.63) is 48.0 Å². The van der Waals surface area contributed by atoms with E-state index in [1.54, 1.807) is 12.1 Å². The first-order chi connectivity index (χ1) is 6.27. The number of fused-ring (bicyclic) bond motifs is 1. The minimum atomic E-state index is -0.891. The maximum Gasteiger partial charge on any atom is 0.335 e. The van der Waals surface area contributed by atoms with Gasteiger partial charge in [0, 0.05) is 0 Å². The van der Waals surface area contributed by atoms with Crippen molar-refractivity contribution in [1.29, 1.82) is 0 Å². The molecule has 0 radical (unpaired) electrons. The summed E-state index contributed by atoms with van der Waals surface area (Å²) in [5, 5.41) is 8.74. The van der Waals surface area contributed by atoms with Gasteiger partial charge in [0.15, 0.2) is 0 Å². The summed E-state index contributed by atoms with van der Waals surface area (Å²) in [4.78, 5) is 10.6.